The van der Waals surface area contributed by atoms with Gasteiger partial charge in [-0.2, -0.15) is 0 Å². The smallest absolute Gasteiger partial charge is 0.313 e. The van der Waals surface area contributed by atoms with Crippen molar-refractivity contribution in [2.75, 3.05) is 11.4 Å². The Morgan fingerprint density at radius 2 is 1.85 bits per heavy atom. The molecular weight excluding hydrogens is 350 g/mol. The summed E-state index contributed by atoms with van der Waals surface area (Å²) in [5.74, 6) is -0.801. The fourth-order valence-electron chi connectivity index (χ4n) is 3.71. The van der Waals surface area contributed by atoms with Gasteiger partial charge in [-0.3, -0.25) is 9.10 Å². The van der Waals surface area contributed by atoms with Gasteiger partial charge in [-0.05, 0) is 50.5 Å². The number of para-hydroxylation sites is 1. The number of carbonyl (C=O) groups is 1. The van der Waals surface area contributed by atoms with Crippen molar-refractivity contribution in [1.82, 2.24) is 0 Å². The number of nitrogens with zero attached hydrogens (tertiary/aromatic N) is 1. The van der Waals surface area contributed by atoms with Crippen LogP contribution in [-0.4, -0.2) is 27.5 Å². The van der Waals surface area contributed by atoms with Crippen molar-refractivity contribution in [3.63, 3.8) is 0 Å². The molecule has 2 aromatic carbocycles. The number of hydrogen-bond acceptors (Lipinski definition) is 4. The first-order valence-corrected chi connectivity index (χ1v) is 9.99. The maximum absolute atomic E-state index is 13.4. The van der Waals surface area contributed by atoms with Gasteiger partial charge in [-0.15, -0.1) is 0 Å². The van der Waals surface area contributed by atoms with Gasteiger partial charge in [0.25, 0.3) is 10.0 Å². The standard InChI is InChI=1S/C20H23NO4S/c1-13-9-10-19(14(2)11-13)26(23,24)21-15(3)12-17(20(22)25-4)16-7-5-6-8-18(16)21/h5-11,15,17H,12H2,1-4H3. The minimum Gasteiger partial charge on any atom is -0.469 e. The predicted molar refractivity (Wildman–Crippen MR) is 101 cm³/mol. The van der Waals surface area contributed by atoms with Crippen molar-refractivity contribution in [3.05, 3.63) is 59.2 Å². The quantitative estimate of drug-likeness (QED) is 0.772. The zero-order valence-corrected chi connectivity index (χ0v) is 16.2. The Morgan fingerprint density at radius 3 is 2.50 bits per heavy atom. The van der Waals surface area contributed by atoms with Gasteiger partial charge >= 0.3 is 5.97 Å². The molecule has 0 spiro atoms. The van der Waals surface area contributed by atoms with E-state index < -0.39 is 15.9 Å². The second-order valence-corrected chi connectivity index (χ2v) is 8.57. The lowest BCUT2D eigenvalue weighted by Crippen LogP contribution is -2.44. The van der Waals surface area contributed by atoms with Gasteiger partial charge in [0.1, 0.15) is 0 Å². The molecule has 0 N–H and O–H groups in total. The summed E-state index contributed by atoms with van der Waals surface area (Å²) in [5, 5.41) is 0. The highest BCUT2D eigenvalue weighted by atomic mass is 32.2. The van der Waals surface area contributed by atoms with E-state index in [1.165, 1.54) is 11.4 Å². The van der Waals surface area contributed by atoms with Crippen molar-refractivity contribution in [3.8, 4) is 0 Å². The summed E-state index contributed by atoms with van der Waals surface area (Å²) in [5.41, 5.74) is 2.96. The summed E-state index contributed by atoms with van der Waals surface area (Å²) >= 11 is 0. The highest BCUT2D eigenvalue weighted by molar-refractivity contribution is 7.93. The Balaban J connectivity index is 2.16. The van der Waals surface area contributed by atoms with Crippen LogP contribution < -0.4 is 4.31 Å². The van der Waals surface area contributed by atoms with Gasteiger partial charge in [0.05, 0.1) is 23.6 Å². The molecule has 0 aliphatic carbocycles. The Labute approximate surface area is 154 Å². The number of fused-ring (bicyclic) bond motifs is 1. The fraction of sp³-hybridized carbons (Fsp3) is 0.350. The third-order valence-electron chi connectivity index (χ3n) is 4.88. The molecule has 0 saturated carbocycles. The summed E-state index contributed by atoms with van der Waals surface area (Å²) in [4.78, 5) is 12.5. The molecule has 0 fully saturated rings. The average molecular weight is 373 g/mol. The summed E-state index contributed by atoms with van der Waals surface area (Å²) in [6.07, 6.45) is 0.383. The Bertz CT molecular complexity index is 952. The average Bonchev–Trinajstić information content (AvgIpc) is 2.59. The van der Waals surface area contributed by atoms with Crippen LogP contribution in [-0.2, 0) is 19.6 Å². The van der Waals surface area contributed by atoms with Crippen molar-refractivity contribution in [2.24, 2.45) is 0 Å². The summed E-state index contributed by atoms with van der Waals surface area (Å²) < 4.78 is 33.3. The lowest BCUT2D eigenvalue weighted by atomic mass is 9.87. The number of benzene rings is 2. The predicted octanol–water partition coefficient (Wildman–Crippen LogP) is 3.55. The van der Waals surface area contributed by atoms with Gasteiger partial charge in [-0.25, -0.2) is 8.42 Å². The van der Waals surface area contributed by atoms with Gasteiger partial charge in [0.15, 0.2) is 0 Å². The van der Waals surface area contributed by atoms with Crippen LogP contribution in [0, 0.1) is 13.8 Å². The summed E-state index contributed by atoms with van der Waals surface area (Å²) in [6.45, 7) is 5.56. The molecule has 0 bridgehead atoms. The first-order valence-electron chi connectivity index (χ1n) is 8.55. The number of hydrogen-bond donors (Lipinski definition) is 0. The van der Waals surface area contributed by atoms with E-state index in [4.69, 9.17) is 4.74 Å². The van der Waals surface area contributed by atoms with Crippen LogP contribution in [0.2, 0.25) is 0 Å². The molecule has 1 aliphatic heterocycles. The van der Waals surface area contributed by atoms with E-state index in [1.54, 1.807) is 37.3 Å². The highest BCUT2D eigenvalue weighted by Gasteiger charge is 2.40. The number of anilines is 1. The van der Waals surface area contributed by atoms with E-state index in [0.29, 0.717) is 28.1 Å². The highest BCUT2D eigenvalue weighted by Crippen LogP contribution is 2.42. The van der Waals surface area contributed by atoms with Crippen molar-refractivity contribution in [1.29, 1.82) is 0 Å². The van der Waals surface area contributed by atoms with E-state index in [2.05, 4.69) is 0 Å². The number of esters is 1. The van der Waals surface area contributed by atoms with E-state index in [1.807, 2.05) is 26.0 Å². The lowest BCUT2D eigenvalue weighted by molar-refractivity contribution is -0.142. The topological polar surface area (TPSA) is 63.7 Å². The SMILES string of the molecule is COC(=O)C1CC(C)N(S(=O)(=O)c2ccc(C)cc2C)c2ccccc21. The maximum atomic E-state index is 13.4. The molecule has 6 heteroatoms. The molecule has 1 aliphatic rings. The van der Waals surface area contributed by atoms with Crippen LogP contribution in [0.4, 0.5) is 5.69 Å². The number of aryl methyl sites for hydroxylation is 2. The third-order valence-corrected chi connectivity index (χ3v) is 6.97. The van der Waals surface area contributed by atoms with E-state index in [-0.39, 0.29) is 12.0 Å². The molecule has 0 amide bonds. The largest absolute Gasteiger partial charge is 0.469 e. The Morgan fingerprint density at radius 1 is 1.15 bits per heavy atom. The van der Waals surface area contributed by atoms with Gasteiger partial charge in [-0.1, -0.05) is 35.9 Å². The minimum atomic E-state index is -3.75. The second-order valence-electron chi connectivity index (χ2n) is 6.79. The van der Waals surface area contributed by atoms with Gasteiger partial charge in [0.2, 0.25) is 0 Å². The van der Waals surface area contributed by atoms with Crippen LogP contribution in [0.15, 0.2) is 47.4 Å². The molecule has 2 unspecified atom stereocenters. The maximum Gasteiger partial charge on any atom is 0.313 e. The van der Waals surface area contributed by atoms with Crippen LogP contribution >= 0.6 is 0 Å². The number of sulfonamides is 1. The number of carbonyl (C=O) groups excluding carboxylic acids is 1. The first kappa shape index (κ1) is 18.5. The molecular formula is C20H23NO4S. The normalized spacial score (nSPS) is 19.8. The first-order chi connectivity index (χ1) is 12.3. The molecule has 3 rings (SSSR count). The van der Waals surface area contributed by atoms with Crippen molar-refractivity contribution in [2.45, 2.75) is 44.0 Å². The van der Waals surface area contributed by atoms with Gasteiger partial charge in [0, 0.05) is 6.04 Å². The number of ether oxygens (including phenoxy) is 1. The number of methoxy groups -OCH3 is 1. The van der Waals surface area contributed by atoms with Crippen LogP contribution in [0.5, 0.6) is 0 Å². The van der Waals surface area contributed by atoms with Crippen molar-refractivity contribution >= 4 is 21.7 Å². The van der Waals surface area contributed by atoms with E-state index in [9.17, 15) is 13.2 Å². The van der Waals surface area contributed by atoms with Crippen LogP contribution in [0.3, 0.4) is 0 Å². The molecule has 26 heavy (non-hydrogen) atoms. The summed E-state index contributed by atoms with van der Waals surface area (Å²) in [6, 6.07) is 12.1. The third kappa shape index (κ3) is 2.98. The van der Waals surface area contributed by atoms with E-state index >= 15 is 0 Å². The molecule has 138 valence electrons. The molecule has 2 atom stereocenters. The Hall–Kier alpha value is -2.34. The van der Waals surface area contributed by atoms with Crippen molar-refractivity contribution < 1.29 is 17.9 Å². The summed E-state index contributed by atoms with van der Waals surface area (Å²) in [7, 11) is -2.39. The molecule has 0 saturated heterocycles. The fourth-order valence-corrected chi connectivity index (χ4v) is 5.61. The molecule has 1 heterocycles. The zero-order valence-electron chi connectivity index (χ0n) is 15.4. The second kappa shape index (κ2) is 6.76. The number of rotatable bonds is 3. The molecule has 2 aromatic rings. The molecule has 0 aromatic heterocycles. The molecule has 0 radical (unpaired) electrons. The monoisotopic (exact) mass is 373 g/mol. The van der Waals surface area contributed by atoms with E-state index in [0.717, 1.165) is 5.56 Å². The van der Waals surface area contributed by atoms with Crippen LogP contribution in [0.1, 0.15) is 36.0 Å². The lowest BCUT2D eigenvalue weighted by Gasteiger charge is -2.39. The Kier molecular flexibility index (Phi) is 4.80. The zero-order chi connectivity index (χ0) is 19.1. The van der Waals surface area contributed by atoms with Crippen LogP contribution in [0.25, 0.3) is 0 Å². The molecule has 5 nitrogen and oxygen atoms in total. The minimum absolute atomic E-state index is 0.293. The van der Waals surface area contributed by atoms with Gasteiger partial charge < -0.3 is 4.74 Å².